The van der Waals surface area contributed by atoms with Crippen molar-refractivity contribution in [1.82, 2.24) is 10.3 Å². The molecule has 0 radical (unpaired) electrons. The Balaban J connectivity index is 2.05. The molecule has 0 aliphatic rings. The van der Waals surface area contributed by atoms with Gasteiger partial charge in [-0.2, -0.15) is 5.26 Å². The van der Waals surface area contributed by atoms with E-state index in [1.54, 1.807) is 7.05 Å². The zero-order valence-electron chi connectivity index (χ0n) is 16.5. The molecule has 2 heterocycles. The van der Waals surface area contributed by atoms with Gasteiger partial charge in [-0.05, 0) is 24.1 Å². The lowest BCUT2D eigenvalue weighted by molar-refractivity contribution is 0.0965. The molecular formula is C23H19N5OS. The minimum Gasteiger partial charge on any atom is -0.383 e. The van der Waals surface area contributed by atoms with Gasteiger partial charge >= 0.3 is 0 Å². The summed E-state index contributed by atoms with van der Waals surface area (Å²) < 4.78 is 0.738. The van der Waals surface area contributed by atoms with Gasteiger partial charge in [-0.1, -0.05) is 48.5 Å². The lowest BCUT2D eigenvalue weighted by Crippen LogP contribution is -2.19. The molecule has 1 amide bonds. The van der Waals surface area contributed by atoms with Crippen LogP contribution in [0.1, 0.15) is 21.5 Å². The van der Waals surface area contributed by atoms with E-state index in [4.69, 9.17) is 5.73 Å². The first-order valence-corrected chi connectivity index (χ1v) is 10.1. The monoisotopic (exact) mass is 413 g/mol. The number of nitrogens with one attached hydrogen (secondary N) is 2. The molecule has 0 bridgehead atoms. The van der Waals surface area contributed by atoms with E-state index in [1.807, 2.05) is 61.5 Å². The molecule has 148 valence electrons. The van der Waals surface area contributed by atoms with Gasteiger partial charge in [0.15, 0.2) is 0 Å². The number of aryl methyl sites for hydroxylation is 1. The molecule has 6 nitrogen and oxygen atoms in total. The zero-order valence-corrected chi connectivity index (χ0v) is 17.3. The Morgan fingerprint density at radius 1 is 1.13 bits per heavy atom. The number of para-hydroxylation sites is 1. The summed E-state index contributed by atoms with van der Waals surface area (Å²) in [7, 11) is 1.58. The van der Waals surface area contributed by atoms with Crippen molar-refractivity contribution >= 4 is 44.0 Å². The predicted octanol–water partition coefficient (Wildman–Crippen LogP) is 4.83. The van der Waals surface area contributed by atoms with Crippen molar-refractivity contribution in [3.05, 3.63) is 71.3 Å². The first-order chi connectivity index (χ1) is 14.5. The van der Waals surface area contributed by atoms with Gasteiger partial charge in [0.1, 0.15) is 28.0 Å². The first kappa shape index (κ1) is 19.4. The molecule has 0 fully saturated rings. The average Bonchev–Trinajstić information content (AvgIpc) is 3.11. The van der Waals surface area contributed by atoms with Crippen LogP contribution in [0.5, 0.6) is 0 Å². The number of hydrogen-bond acceptors (Lipinski definition) is 6. The number of fused-ring (bicyclic) bond motifs is 1. The van der Waals surface area contributed by atoms with Crippen LogP contribution in [0.3, 0.4) is 0 Å². The normalized spacial score (nSPS) is 10.6. The minimum absolute atomic E-state index is 0.106. The average molecular weight is 414 g/mol. The standard InChI is InChI=1S/C23H19N5OS/c1-13-8-6-7-11-16(13)27-23-18(22(29)26-2)19-20(30-23)17(14-9-4-3-5-10-14)15(12-24)21(25)28-19/h3-11,27H,1-2H3,(H2,25,28)(H,26,29). The first-order valence-electron chi connectivity index (χ1n) is 9.31. The highest BCUT2D eigenvalue weighted by Crippen LogP contribution is 2.44. The van der Waals surface area contributed by atoms with Crippen molar-refractivity contribution in [2.45, 2.75) is 6.92 Å². The third-order valence-corrected chi connectivity index (χ3v) is 5.98. The molecule has 0 spiro atoms. The van der Waals surface area contributed by atoms with Gasteiger partial charge in [0.2, 0.25) is 0 Å². The lowest BCUT2D eigenvalue weighted by Gasteiger charge is -2.09. The molecule has 2 aromatic carbocycles. The number of carbonyl (C=O) groups is 1. The fraction of sp³-hybridized carbons (Fsp3) is 0.0870. The Labute approximate surface area is 178 Å². The number of hydrogen-bond donors (Lipinski definition) is 3. The van der Waals surface area contributed by atoms with E-state index in [-0.39, 0.29) is 11.7 Å². The molecule has 7 heteroatoms. The number of pyridine rings is 1. The molecule has 0 saturated carbocycles. The number of amides is 1. The molecule has 4 aromatic rings. The molecule has 2 aromatic heterocycles. The van der Waals surface area contributed by atoms with Gasteiger partial charge in [0, 0.05) is 18.3 Å². The summed E-state index contributed by atoms with van der Waals surface area (Å²) in [6, 6.07) is 19.6. The molecule has 0 aliphatic carbocycles. The highest BCUT2D eigenvalue weighted by molar-refractivity contribution is 7.24. The van der Waals surface area contributed by atoms with E-state index in [0.29, 0.717) is 27.2 Å². The second-order valence-electron chi connectivity index (χ2n) is 6.73. The Morgan fingerprint density at radius 3 is 2.50 bits per heavy atom. The maximum atomic E-state index is 12.8. The molecule has 0 saturated heterocycles. The third kappa shape index (κ3) is 3.23. The molecule has 0 atom stereocenters. The van der Waals surface area contributed by atoms with E-state index < -0.39 is 0 Å². The summed E-state index contributed by atoms with van der Waals surface area (Å²) in [5.74, 6) is -0.165. The molecule has 30 heavy (non-hydrogen) atoms. The Morgan fingerprint density at radius 2 is 1.83 bits per heavy atom. The number of nitrogens with two attached hydrogens (primary N) is 1. The van der Waals surface area contributed by atoms with Crippen molar-refractivity contribution in [2.24, 2.45) is 0 Å². The molecule has 0 aliphatic heterocycles. The summed E-state index contributed by atoms with van der Waals surface area (Å²) in [6.45, 7) is 1.99. The topological polar surface area (TPSA) is 104 Å². The number of anilines is 3. The van der Waals surface area contributed by atoms with E-state index in [2.05, 4.69) is 21.7 Å². The lowest BCUT2D eigenvalue weighted by atomic mass is 10.00. The molecule has 4 N–H and O–H groups in total. The van der Waals surface area contributed by atoms with Crippen LogP contribution < -0.4 is 16.4 Å². The number of carbonyl (C=O) groups excluding carboxylic acids is 1. The number of nitriles is 1. The summed E-state index contributed by atoms with van der Waals surface area (Å²) >= 11 is 1.39. The van der Waals surface area contributed by atoms with Crippen molar-refractivity contribution in [3.8, 4) is 17.2 Å². The Bertz CT molecular complexity index is 1300. The summed E-state index contributed by atoms with van der Waals surface area (Å²) in [5, 5.41) is 16.5. The van der Waals surface area contributed by atoms with Gasteiger partial charge in [-0.15, -0.1) is 11.3 Å². The smallest absolute Gasteiger partial charge is 0.256 e. The highest BCUT2D eigenvalue weighted by Gasteiger charge is 2.25. The highest BCUT2D eigenvalue weighted by atomic mass is 32.1. The van der Waals surface area contributed by atoms with E-state index in [9.17, 15) is 10.1 Å². The maximum Gasteiger partial charge on any atom is 0.256 e. The van der Waals surface area contributed by atoms with Crippen molar-refractivity contribution in [2.75, 3.05) is 18.1 Å². The van der Waals surface area contributed by atoms with Crippen molar-refractivity contribution in [3.63, 3.8) is 0 Å². The zero-order chi connectivity index (χ0) is 21.3. The van der Waals surface area contributed by atoms with Crippen LogP contribution in [0.4, 0.5) is 16.5 Å². The largest absolute Gasteiger partial charge is 0.383 e. The van der Waals surface area contributed by atoms with E-state index >= 15 is 0 Å². The third-order valence-electron chi connectivity index (χ3n) is 4.87. The molecule has 0 unspecified atom stereocenters. The number of rotatable bonds is 4. The van der Waals surface area contributed by atoms with Crippen LogP contribution in [0.2, 0.25) is 0 Å². The van der Waals surface area contributed by atoms with E-state index in [1.165, 1.54) is 11.3 Å². The van der Waals surface area contributed by atoms with Gasteiger partial charge in [0.05, 0.1) is 10.2 Å². The molecular weight excluding hydrogens is 394 g/mol. The number of nitrogen functional groups attached to an aromatic ring is 1. The van der Waals surface area contributed by atoms with Crippen LogP contribution >= 0.6 is 11.3 Å². The van der Waals surface area contributed by atoms with Crippen molar-refractivity contribution < 1.29 is 4.79 Å². The van der Waals surface area contributed by atoms with Crippen LogP contribution in [-0.4, -0.2) is 17.9 Å². The quantitative estimate of drug-likeness (QED) is 0.445. The van der Waals surface area contributed by atoms with Gasteiger partial charge in [-0.25, -0.2) is 4.98 Å². The second-order valence-corrected chi connectivity index (χ2v) is 7.75. The maximum absolute atomic E-state index is 12.8. The second kappa shape index (κ2) is 7.85. The Hall–Kier alpha value is -3.89. The minimum atomic E-state index is -0.270. The predicted molar refractivity (Wildman–Crippen MR) is 122 cm³/mol. The van der Waals surface area contributed by atoms with Gasteiger partial charge < -0.3 is 16.4 Å². The summed E-state index contributed by atoms with van der Waals surface area (Å²) in [4.78, 5) is 17.3. The fourth-order valence-corrected chi connectivity index (χ4v) is 4.59. The Kier molecular flexibility index (Phi) is 5.09. The number of thiophene rings is 1. The van der Waals surface area contributed by atoms with Gasteiger partial charge in [-0.3, -0.25) is 4.79 Å². The summed E-state index contributed by atoms with van der Waals surface area (Å²) in [5.41, 5.74) is 10.8. The number of benzene rings is 2. The number of nitrogens with zero attached hydrogens (tertiary/aromatic N) is 2. The van der Waals surface area contributed by atoms with Gasteiger partial charge in [0.25, 0.3) is 5.91 Å². The molecule has 4 rings (SSSR count). The van der Waals surface area contributed by atoms with E-state index in [0.717, 1.165) is 21.5 Å². The SMILES string of the molecule is CNC(=O)c1c(Nc2ccccc2C)sc2c(-c3ccccc3)c(C#N)c(N)nc12. The fourth-order valence-electron chi connectivity index (χ4n) is 3.37. The van der Waals surface area contributed by atoms with Crippen LogP contribution in [0.25, 0.3) is 21.3 Å². The number of aromatic nitrogens is 1. The summed E-state index contributed by atoms with van der Waals surface area (Å²) in [6.07, 6.45) is 0. The van der Waals surface area contributed by atoms with Crippen LogP contribution in [0, 0.1) is 18.3 Å². The van der Waals surface area contributed by atoms with Crippen molar-refractivity contribution in [1.29, 1.82) is 5.26 Å². The van der Waals surface area contributed by atoms with Crippen LogP contribution in [0.15, 0.2) is 54.6 Å². The van der Waals surface area contributed by atoms with Crippen LogP contribution in [-0.2, 0) is 0 Å².